The van der Waals surface area contributed by atoms with E-state index < -0.39 is 15.9 Å². The molecule has 0 spiro atoms. The van der Waals surface area contributed by atoms with Gasteiger partial charge in [-0.3, -0.25) is 4.79 Å². The minimum atomic E-state index is -3.00. The molecule has 0 aliphatic heterocycles. The van der Waals surface area contributed by atoms with Gasteiger partial charge in [0.2, 0.25) is 0 Å². The second kappa shape index (κ2) is 6.50. The lowest BCUT2D eigenvalue weighted by Crippen LogP contribution is -2.31. The second-order valence-electron chi connectivity index (χ2n) is 5.04. The van der Waals surface area contributed by atoms with Crippen LogP contribution < -0.4 is 0 Å². The molecule has 0 aromatic rings. The second-order valence-corrected chi connectivity index (χ2v) is 7.30. The quantitative estimate of drug-likeness (QED) is 0.783. The zero-order valence-corrected chi connectivity index (χ0v) is 11.2. The van der Waals surface area contributed by atoms with E-state index in [2.05, 4.69) is 0 Å². The van der Waals surface area contributed by atoms with Crippen LogP contribution in [0.25, 0.3) is 0 Å². The molecular weight excluding hydrogens is 240 g/mol. The van der Waals surface area contributed by atoms with E-state index in [1.807, 2.05) is 0 Å². The maximum Gasteiger partial charge on any atom is 0.161 e. The standard InChI is InChI=1S/C12H22O4S/c1-17(15,16)9-5-8-11(13)12(14)10-6-3-2-4-7-10/h10,12,14H,2-9H2,1H3. The molecule has 5 heteroatoms. The smallest absolute Gasteiger partial charge is 0.161 e. The van der Waals surface area contributed by atoms with E-state index in [1.165, 1.54) is 6.42 Å². The van der Waals surface area contributed by atoms with Crippen molar-refractivity contribution in [3.8, 4) is 0 Å². The molecule has 1 atom stereocenters. The minimum Gasteiger partial charge on any atom is -0.385 e. The minimum absolute atomic E-state index is 0.0239. The molecule has 0 radical (unpaired) electrons. The molecule has 1 unspecified atom stereocenters. The Hall–Kier alpha value is -0.420. The Morgan fingerprint density at radius 2 is 1.88 bits per heavy atom. The molecule has 0 aromatic carbocycles. The third kappa shape index (κ3) is 5.64. The molecule has 17 heavy (non-hydrogen) atoms. The molecule has 1 fully saturated rings. The van der Waals surface area contributed by atoms with Crippen molar-refractivity contribution in [1.29, 1.82) is 0 Å². The van der Waals surface area contributed by atoms with E-state index in [0.29, 0.717) is 6.42 Å². The molecule has 0 amide bonds. The topological polar surface area (TPSA) is 71.4 Å². The van der Waals surface area contributed by atoms with Crippen LogP contribution in [0.15, 0.2) is 0 Å². The van der Waals surface area contributed by atoms with Gasteiger partial charge in [-0.15, -0.1) is 0 Å². The molecule has 1 rings (SSSR count). The van der Waals surface area contributed by atoms with Gasteiger partial charge in [-0.2, -0.15) is 0 Å². The highest BCUT2D eigenvalue weighted by Crippen LogP contribution is 2.27. The summed E-state index contributed by atoms with van der Waals surface area (Å²) in [6, 6.07) is 0. The average Bonchev–Trinajstić information content (AvgIpc) is 2.27. The summed E-state index contributed by atoms with van der Waals surface area (Å²) < 4.78 is 21.8. The largest absolute Gasteiger partial charge is 0.385 e. The van der Waals surface area contributed by atoms with Gasteiger partial charge in [-0.05, 0) is 25.2 Å². The summed E-state index contributed by atoms with van der Waals surface area (Å²) in [6.45, 7) is 0. The summed E-state index contributed by atoms with van der Waals surface area (Å²) in [5, 5.41) is 9.87. The summed E-state index contributed by atoms with van der Waals surface area (Å²) >= 11 is 0. The summed E-state index contributed by atoms with van der Waals surface area (Å²) in [6.07, 6.45) is 5.95. The molecule has 100 valence electrons. The van der Waals surface area contributed by atoms with Crippen LogP contribution in [0, 0.1) is 5.92 Å². The van der Waals surface area contributed by atoms with Gasteiger partial charge >= 0.3 is 0 Å². The lowest BCUT2D eigenvalue weighted by atomic mass is 9.83. The molecule has 1 aliphatic carbocycles. The van der Waals surface area contributed by atoms with Crippen molar-refractivity contribution in [3.05, 3.63) is 0 Å². The fourth-order valence-corrected chi connectivity index (χ4v) is 3.04. The van der Waals surface area contributed by atoms with Crippen LogP contribution in [0.3, 0.4) is 0 Å². The Morgan fingerprint density at radius 3 is 2.41 bits per heavy atom. The molecule has 0 heterocycles. The number of ketones is 1. The van der Waals surface area contributed by atoms with Crippen LogP contribution in [0.1, 0.15) is 44.9 Å². The molecule has 0 bridgehead atoms. The molecule has 1 aliphatic rings. The number of hydrogen-bond acceptors (Lipinski definition) is 4. The molecule has 1 saturated carbocycles. The Bertz CT molecular complexity index is 342. The Kier molecular flexibility index (Phi) is 5.59. The first kappa shape index (κ1) is 14.6. The number of carbonyl (C=O) groups excluding carboxylic acids is 1. The lowest BCUT2D eigenvalue weighted by Gasteiger charge is -2.25. The normalized spacial score (nSPS) is 20.1. The van der Waals surface area contributed by atoms with E-state index in [9.17, 15) is 18.3 Å². The lowest BCUT2D eigenvalue weighted by molar-refractivity contribution is -0.130. The van der Waals surface area contributed by atoms with Crippen molar-refractivity contribution >= 4 is 15.6 Å². The first-order chi connectivity index (χ1) is 7.90. The number of rotatable bonds is 6. The van der Waals surface area contributed by atoms with Crippen molar-refractivity contribution in [2.24, 2.45) is 5.92 Å². The fraction of sp³-hybridized carbons (Fsp3) is 0.917. The van der Waals surface area contributed by atoms with Crippen LogP contribution in [-0.2, 0) is 14.6 Å². The summed E-state index contributed by atoms with van der Waals surface area (Å²) in [7, 11) is -3.00. The number of aliphatic hydroxyl groups excluding tert-OH is 1. The Morgan fingerprint density at radius 1 is 1.29 bits per heavy atom. The first-order valence-electron chi connectivity index (χ1n) is 6.28. The summed E-state index contributed by atoms with van der Waals surface area (Å²) in [4.78, 5) is 11.7. The van der Waals surface area contributed by atoms with Crippen LogP contribution in [0.4, 0.5) is 0 Å². The van der Waals surface area contributed by atoms with Gasteiger partial charge in [0.1, 0.15) is 15.9 Å². The SMILES string of the molecule is CS(=O)(=O)CCCC(=O)C(O)C1CCCCC1. The highest BCUT2D eigenvalue weighted by Gasteiger charge is 2.26. The van der Waals surface area contributed by atoms with Crippen LogP contribution in [-0.4, -0.2) is 37.4 Å². The molecule has 1 N–H and O–H groups in total. The summed E-state index contributed by atoms with van der Waals surface area (Å²) in [5.41, 5.74) is 0. The molecule has 0 aromatic heterocycles. The highest BCUT2D eigenvalue weighted by atomic mass is 32.2. The van der Waals surface area contributed by atoms with Crippen LogP contribution >= 0.6 is 0 Å². The Balaban J connectivity index is 2.31. The van der Waals surface area contributed by atoms with Gasteiger partial charge in [0.25, 0.3) is 0 Å². The van der Waals surface area contributed by atoms with Crippen LogP contribution in [0.2, 0.25) is 0 Å². The average molecular weight is 262 g/mol. The van der Waals surface area contributed by atoms with Crippen molar-refractivity contribution in [2.45, 2.75) is 51.0 Å². The van der Waals surface area contributed by atoms with E-state index in [-0.39, 0.29) is 23.9 Å². The van der Waals surface area contributed by atoms with Crippen molar-refractivity contribution in [2.75, 3.05) is 12.0 Å². The van der Waals surface area contributed by atoms with E-state index in [0.717, 1.165) is 31.9 Å². The maximum absolute atomic E-state index is 11.7. The predicted octanol–water partition coefficient (Wildman–Crippen LogP) is 1.32. The van der Waals surface area contributed by atoms with Gasteiger partial charge < -0.3 is 5.11 Å². The number of carbonyl (C=O) groups is 1. The van der Waals surface area contributed by atoms with Crippen LogP contribution in [0.5, 0.6) is 0 Å². The zero-order chi connectivity index (χ0) is 12.9. The number of aliphatic hydroxyl groups is 1. The number of Topliss-reactive ketones (excluding diaryl/α,β-unsaturated/α-hetero) is 1. The number of sulfone groups is 1. The van der Waals surface area contributed by atoms with E-state index >= 15 is 0 Å². The monoisotopic (exact) mass is 262 g/mol. The van der Waals surface area contributed by atoms with Gasteiger partial charge in [0.15, 0.2) is 5.78 Å². The molecular formula is C12H22O4S. The molecule has 0 saturated heterocycles. The summed E-state index contributed by atoms with van der Waals surface area (Å²) in [5.74, 6) is -0.0779. The van der Waals surface area contributed by atoms with Gasteiger partial charge in [-0.1, -0.05) is 19.3 Å². The number of hydrogen-bond donors (Lipinski definition) is 1. The highest BCUT2D eigenvalue weighted by molar-refractivity contribution is 7.90. The van der Waals surface area contributed by atoms with Gasteiger partial charge in [0.05, 0.1) is 5.75 Å². The third-order valence-electron chi connectivity index (χ3n) is 3.36. The van der Waals surface area contributed by atoms with Gasteiger partial charge in [-0.25, -0.2) is 8.42 Å². The predicted molar refractivity (Wildman–Crippen MR) is 66.5 cm³/mol. The zero-order valence-electron chi connectivity index (χ0n) is 10.4. The maximum atomic E-state index is 11.7. The van der Waals surface area contributed by atoms with Crippen molar-refractivity contribution < 1.29 is 18.3 Å². The van der Waals surface area contributed by atoms with Crippen molar-refractivity contribution in [3.63, 3.8) is 0 Å². The third-order valence-corrected chi connectivity index (χ3v) is 4.39. The molecule has 4 nitrogen and oxygen atoms in total. The van der Waals surface area contributed by atoms with E-state index in [4.69, 9.17) is 0 Å². The van der Waals surface area contributed by atoms with E-state index in [1.54, 1.807) is 0 Å². The Labute approximate surface area is 103 Å². The van der Waals surface area contributed by atoms with Crippen molar-refractivity contribution in [1.82, 2.24) is 0 Å². The first-order valence-corrected chi connectivity index (χ1v) is 8.35. The fourth-order valence-electron chi connectivity index (χ4n) is 2.37. The van der Waals surface area contributed by atoms with Gasteiger partial charge in [0, 0.05) is 12.7 Å².